The van der Waals surface area contributed by atoms with Gasteiger partial charge in [-0.3, -0.25) is 14.9 Å². The third-order valence-electron chi connectivity index (χ3n) is 3.78. The van der Waals surface area contributed by atoms with Gasteiger partial charge in [-0.15, -0.1) is 0 Å². The summed E-state index contributed by atoms with van der Waals surface area (Å²) in [6.07, 6.45) is 0.271. The molecule has 0 aliphatic carbocycles. The number of benzene rings is 2. The first kappa shape index (κ1) is 20.6. The molecule has 0 aromatic heterocycles. The summed E-state index contributed by atoms with van der Waals surface area (Å²) < 4.78 is 4.98. The maximum absolute atomic E-state index is 12.1. The molecule has 28 heavy (non-hydrogen) atoms. The summed E-state index contributed by atoms with van der Waals surface area (Å²) in [6, 6.07) is 12.2. The molecule has 0 aliphatic rings. The first-order chi connectivity index (χ1) is 13.4. The lowest BCUT2D eigenvalue weighted by atomic mass is 10.1. The Labute approximate surface area is 160 Å². The van der Waals surface area contributed by atoms with Crippen molar-refractivity contribution in [3.8, 4) is 0 Å². The van der Waals surface area contributed by atoms with Crippen LogP contribution in [0.5, 0.6) is 0 Å². The van der Waals surface area contributed by atoms with E-state index in [4.69, 9.17) is 4.74 Å². The van der Waals surface area contributed by atoms with Gasteiger partial charge in [-0.25, -0.2) is 9.59 Å². The number of para-hydroxylation sites is 1. The van der Waals surface area contributed by atoms with Gasteiger partial charge in [0.25, 0.3) is 5.69 Å². The van der Waals surface area contributed by atoms with E-state index in [0.29, 0.717) is 5.69 Å². The molecule has 0 saturated carbocycles. The monoisotopic (exact) mass is 385 g/mol. The number of urea groups is 1. The number of rotatable bonds is 8. The zero-order valence-electron chi connectivity index (χ0n) is 15.1. The molecule has 1 atom stereocenters. The highest BCUT2D eigenvalue weighted by Crippen LogP contribution is 2.12. The third kappa shape index (κ3) is 5.90. The highest BCUT2D eigenvalue weighted by atomic mass is 16.6. The molecule has 9 heteroatoms. The van der Waals surface area contributed by atoms with Gasteiger partial charge in [0.1, 0.15) is 6.04 Å². The van der Waals surface area contributed by atoms with E-state index in [1.165, 1.54) is 24.3 Å². The van der Waals surface area contributed by atoms with Crippen molar-refractivity contribution in [3.63, 3.8) is 0 Å². The molecular formula is C19H19N3O6. The molecule has 2 aromatic rings. The van der Waals surface area contributed by atoms with E-state index in [-0.39, 0.29) is 17.7 Å². The van der Waals surface area contributed by atoms with E-state index >= 15 is 0 Å². The number of nitrogens with one attached hydrogen (secondary N) is 2. The van der Waals surface area contributed by atoms with Crippen LogP contribution >= 0.6 is 0 Å². The Morgan fingerprint density at radius 2 is 1.71 bits per heavy atom. The highest BCUT2D eigenvalue weighted by molar-refractivity contribution is 5.98. The van der Waals surface area contributed by atoms with Crippen LogP contribution in [0, 0.1) is 10.1 Å². The minimum atomic E-state index is -0.923. The average molecular weight is 385 g/mol. The van der Waals surface area contributed by atoms with Gasteiger partial charge >= 0.3 is 12.0 Å². The minimum absolute atomic E-state index is 0.145. The summed E-state index contributed by atoms with van der Waals surface area (Å²) in [7, 11) is 0. The second-order valence-corrected chi connectivity index (χ2v) is 5.76. The van der Waals surface area contributed by atoms with Crippen molar-refractivity contribution in [2.24, 2.45) is 0 Å². The largest absolute Gasteiger partial charge is 0.456 e. The maximum atomic E-state index is 12.1. The molecule has 0 heterocycles. The van der Waals surface area contributed by atoms with Crippen molar-refractivity contribution < 1.29 is 24.0 Å². The fourth-order valence-corrected chi connectivity index (χ4v) is 2.26. The summed E-state index contributed by atoms with van der Waals surface area (Å²) in [5.41, 5.74) is 0.603. The van der Waals surface area contributed by atoms with Crippen molar-refractivity contribution in [1.82, 2.24) is 5.32 Å². The topological polar surface area (TPSA) is 128 Å². The molecule has 9 nitrogen and oxygen atoms in total. The van der Waals surface area contributed by atoms with E-state index in [0.717, 1.165) is 0 Å². The fraction of sp³-hybridized carbons (Fsp3) is 0.211. The van der Waals surface area contributed by atoms with Gasteiger partial charge < -0.3 is 15.4 Å². The van der Waals surface area contributed by atoms with Gasteiger partial charge in [0, 0.05) is 23.4 Å². The van der Waals surface area contributed by atoms with Gasteiger partial charge in [-0.2, -0.15) is 0 Å². The van der Waals surface area contributed by atoms with Crippen LogP contribution in [-0.2, 0) is 9.53 Å². The van der Waals surface area contributed by atoms with E-state index in [1.807, 2.05) is 0 Å². The lowest BCUT2D eigenvalue weighted by Gasteiger charge is -2.16. The van der Waals surface area contributed by atoms with Crippen LogP contribution in [0.25, 0.3) is 0 Å². The summed E-state index contributed by atoms with van der Waals surface area (Å²) in [5, 5.41) is 15.7. The number of amides is 2. The summed E-state index contributed by atoms with van der Waals surface area (Å²) in [6.45, 7) is 1.15. The number of nitro groups is 1. The van der Waals surface area contributed by atoms with Gasteiger partial charge in [0.05, 0.1) is 4.92 Å². The number of ketones is 1. The van der Waals surface area contributed by atoms with Crippen molar-refractivity contribution in [2.45, 2.75) is 19.4 Å². The number of esters is 1. The lowest BCUT2D eigenvalue weighted by molar-refractivity contribution is -0.384. The number of non-ortho nitro benzene ring substituents is 1. The number of hydrogen-bond donors (Lipinski definition) is 2. The molecule has 146 valence electrons. The fourth-order valence-electron chi connectivity index (χ4n) is 2.26. The predicted molar refractivity (Wildman–Crippen MR) is 101 cm³/mol. The van der Waals surface area contributed by atoms with Gasteiger partial charge in [-0.1, -0.05) is 25.1 Å². The Balaban J connectivity index is 1.86. The molecule has 0 bridgehead atoms. The normalized spacial score (nSPS) is 11.2. The van der Waals surface area contributed by atoms with E-state index in [9.17, 15) is 24.5 Å². The number of carbonyl (C=O) groups is 3. The molecule has 2 aromatic carbocycles. The number of nitro benzene ring substituents is 1. The zero-order chi connectivity index (χ0) is 20.5. The standard InChI is InChI=1S/C19H19N3O6/c1-2-16(21-19(25)20-14-6-4-3-5-7-14)18(24)28-12-17(23)13-8-10-15(11-9-13)22(26)27/h3-11,16H,2,12H2,1H3,(H2,20,21,25). The van der Waals surface area contributed by atoms with Crippen LogP contribution in [0.3, 0.4) is 0 Å². The second-order valence-electron chi connectivity index (χ2n) is 5.76. The molecule has 0 spiro atoms. The predicted octanol–water partition coefficient (Wildman–Crippen LogP) is 2.92. The zero-order valence-corrected chi connectivity index (χ0v) is 15.1. The smallest absolute Gasteiger partial charge is 0.329 e. The second kappa shape index (κ2) is 9.81. The van der Waals surface area contributed by atoms with Gasteiger partial charge in [0.15, 0.2) is 12.4 Å². The molecule has 1 unspecified atom stereocenters. The van der Waals surface area contributed by atoms with Crippen molar-refractivity contribution in [3.05, 3.63) is 70.3 Å². The van der Waals surface area contributed by atoms with Crippen molar-refractivity contribution in [2.75, 3.05) is 11.9 Å². The van der Waals surface area contributed by atoms with E-state index in [2.05, 4.69) is 10.6 Å². The Morgan fingerprint density at radius 3 is 2.29 bits per heavy atom. The summed E-state index contributed by atoms with van der Waals surface area (Å²) in [4.78, 5) is 46.2. The van der Waals surface area contributed by atoms with Crippen molar-refractivity contribution >= 4 is 29.2 Å². The molecule has 2 amide bonds. The molecular weight excluding hydrogens is 366 g/mol. The molecule has 0 radical (unpaired) electrons. The first-order valence-electron chi connectivity index (χ1n) is 8.47. The summed E-state index contributed by atoms with van der Waals surface area (Å²) >= 11 is 0. The highest BCUT2D eigenvalue weighted by Gasteiger charge is 2.22. The Bertz CT molecular complexity index is 852. The van der Waals surface area contributed by atoms with E-state index in [1.54, 1.807) is 37.3 Å². The van der Waals surface area contributed by atoms with E-state index < -0.39 is 35.4 Å². The Morgan fingerprint density at radius 1 is 1.07 bits per heavy atom. The quantitative estimate of drug-likeness (QED) is 0.311. The first-order valence-corrected chi connectivity index (χ1v) is 8.47. The SMILES string of the molecule is CCC(NC(=O)Nc1ccccc1)C(=O)OCC(=O)c1ccc([N+](=O)[O-])cc1. The molecule has 2 rings (SSSR count). The molecule has 2 N–H and O–H groups in total. The number of ether oxygens (including phenoxy) is 1. The van der Waals surface area contributed by atoms with Gasteiger partial charge in [0.2, 0.25) is 0 Å². The van der Waals surface area contributed by atoms with Crippen LogP contribution in [0.2, 0.25) is 0 Å². The maximum Gasteiger partial charge on any atom is 0.329 e. The third-order valence-corrected chi connectivity index (χ3v) is 3.78. The molecule has 0 fully saturated rings. The van der Waals surface area contributed by atoms with Crippen LogP contribution < -0.4 is 10.6 Å². The average Bonchev–Trinajstić information content (AvgIpc) is 2.70. The Kier molecular flexibility index (Phi) is 7.21. The lowest BCUT2D eigenvalue weighted by Crippen LogP contribution is -2.43. The minimum Gasteiger partial charge on any atom is -0.456 e. The summed E-state index contributed by atoms with van der Waals surface area (Å²) in [5.74, 6) is -1.26. The molecule has 0 saturated heterocycles. The van der Waals surface area contributed by atoms with Crippen LogP contribution in [-0.4, -0.2) is 35.4 Å². The van der Waals surface area contributed by atoms with Gasteiger partial charge in [-0.05, 0) is 30.7 Å². The molecule has 0 aliphatic heterocycles. The number of anilines is 1. The van der Waals surface area contributed by atoms with Crippen molar-refractivity contribution in [1.29, 1.82) is 0 Å². The number of Topliss-reactive ketones (excluding diaryl/α,β-unsaturated/α-hetero) is 1. The number of nitrogens with zero attached hydrogens (tertiary/aromatic N) is 1. The van der Waals surface area contributed by atoms with Crippen LogP contribution in [0.4, 0.5) is 16.2 Å². The van der Waals surface area contributed by atoms with Crippen LogP contribution in [0.1, 0.15) is 23.7 Å². The van der Waals surface area contributed by atoms with Crippen LogP contribution in [0.15, 0.2) is 54.6 Å². The Hall–Kier alpha value is -3.75. The number of hydrogen-bond acceptors (Lipinski definition) is 6. The number of carbonyl (C=O) groups excluding carboxylic acids is 3.